The molecule has 1 heterocycles. The molecule has 0 spiro atoms. The third kappa shape index (κ3) is 4.18. The summed E-state index contributed by atoms with van der Waals surface area (Å²) in [6.07, 6.45) is 1.24. The highest BCUT2D eigenvalue weighted by atomic mass is 79.9. The van der Waals surface area contributed by atoms with Crippen LogP contribution in [0, 0.1) is 0 Å². The summed E-state index contributed by atoms with van der Waals surface area (Å²) in [4.78, 5) is 2.19. The summed E-state index contributed by atoms with van der Waals surface area (Å²) in [6, 6.07) is 5.77. The van der Waals surface area contributed by atoms with E-state index in [0.717, 1.165) is 10.0 Å². The van der Waals surface area contributed by atoms with Crippen molar-refractivity contribution in [2.45, 2.75) is 6.04 Å². The second-order valence-electron chi connectivity index (χ2n) is 5.12. The molecular weight excluding hydrogens is 378 g/mol. The summed E-state index contributed by atoms with van der Waals surface area (Å²) < 4.78 is 25.5. The number of hydrogen-bond donors (Lipinski definition) is 1. The molecule has 0 saturated carbocycles. The molecule has 2 N–H and O–H groups in total. The zero-order valence-electron chi connectivity index (χ0n) is 11.8. The molecule has 5 nitrogen and oxygen atoms in total. The van der Waals surface area contributed by atoms with E-state index in [2.05, 4.69) is 20.8 Å². The Labute approximate surface area is 139 Å². The molecule has 21 heavy (non-hydrogen) atoms. The predicted octanol–water partition coefficient (Wildman–Crippen LogP) is 1.68. The molecule has 118 valence electrons. The number of piperazine rings is 1. The molecule has 8 heteroatoms. The maximum atomic E-state index is 11.6. The molecule has 1 atom stereocenters. The zero-order valence-corrected chi connectivity index (χ0v) is 15.0. The van der Waals surface area contributed by atoms with Crippen LogP contribution in [-0.4, -0.2) is 56.6 Å². The normalized spacial score (nSPS) is 19.6. The lowest BCUT2D eigenvalue weighted by Gasteiger charge is -2.38. The minimum Gasteiger partial charge on any atom is -0.329 e. The molecule has 0 amide bonds. The van der Waals surface area contributed by atoms with E-state index in [0.29, 0.717) is 37.7 Å². The van der Waals surface area contributed by atoms with Crippen LogP contribution in [-0.2, 0) is 10.0 Å². The van der Waals surface area contributed by atoms with Gasteiger partial charge in [-0.15, -0.1) is 0 Å². The minimum atomic E-state index is -3.12. The summed E-state index contributed by atoms with van der Waals surface area (Å²) in [5, 5.41) is 0.672. The summed E-state index contributed by atoms with van der Waals surface area (Å²) in [5.41, 5.74) is 6.90. The lowest BCUT2D eigenvalue weighted by atomic mass is 10.0. The van der Waals surface area contributed by atoms with E-state index in [1.807, 2.05) is 18.2 Å². The van der Waals surface area contributed by atoms with Gasteiger partial charge < -0.3 is 5.73 Å². The van der Waals surface area contributed by atoms with Crippen LogP contribution in [0.5, 0.6) is 0 Å². The van der Waals surface area contributed by atoms with E-state index in [9.17, 15) is 8.42 Å². The van der Waals surface area contributed by atoms with Crippen molar-refractivity contribution in [3.05, 3.63) is 33.3 Å². The molecule has 0 aliphatic carbocycles. The molecule has 1 aliphatic rings. The van der Waals surface area contributed by atoms with Gasteiger partial charge in [0.1, 0.15) is 0 Å². The van der Waals surface area contributed by atoms with Crippen molar-refractivity contribution in [1.82, 2.24) is 9.21 Å². The second kappa shape index (κ2) is 6.93. The average Bonchev–Trinajstić information content (AvgIpc) is 2.41. The third-order valence-corrected chi connectivity index (χ3v) is 5.85. The standard InChI is InChI=1S/C13H19BrClN3O2S/c1-21(19,20)18-6-4-17(5-7-18)13(9-16)11-3-2-10(14)8-12(11)15/h2-3,8,13H,4-7,9,16H2,1H3. The van der Waals surface area contributed by atoms with Crippen LogP contribution >= 0.6 is 27.5 Å². The van der Waals surface area contributed by atoms with Crippen LogP contribution in [0.1, 0.15) is 11.6 Å². The fourth-order valence-electron chi connectivity index (χ4n) is 2.59. The summed E-state index contributed by atoms with van der Waals surface area (Å²) >= 11 is 9.70. The predicted molar refractivity (Wildman–Crippen MR) is 88.9 cm³/mol. The number of nitrogens with zero attached hydrogens (tertiary/aromatic N) is 2. The zero-order chi connectivity index (χ0) is 15.6. The van der Waals surface area contributed by atoms with E-state index >= 15 is 0 Å². The van der Waals surface area contributed by atoms with Gasteiger partial charge in [-0.2, -0.15) is 4.31 Å². The lowest BCUT2D eigenvalue weighted by molar-refractivity contribution is 0.140. The summed E-state index contributed by atoms with van der Waals surface area (Å²) in [7, 11) is -3.12. The average molecular weight is 397 g/mol. The Bertz CT molecular complexity index is 603. The number of rotatable bonds is 4. The van der Waals surface area contributed by atoms with E-state index in [-0.39, 0.29) is 6.04 Å². The van der Waals surface area contributed by atoms with Gasteiger partial charge in [-0.3, -0.25) is 4.90 Å². The van der Waals surface area contributed by atoms with Crippen LogP contribution in [0.25, 0.3) is 0 Å². The quantitative estimate of drug-likeness (QED) is 0.841. The molecule has 1 unspecified atom stereocenters. The smallest absolute Gasteiger partial charge is 0.211 e. The number of sulfonamides is 1. The van der Waals surface area contributed by atoms with Gasteiger partial charge in [-0.25, -0.2) is 8.42 Å². The van der Waals surface area contributed by atoms with E-state index in [1.165, 1.54) is 10.6 Å². The first-order chi connectivity index (χ1) is 9.82. The van der Waals surface area contributed by atoms with Gasteiger partial charge >= 0.3 is 0 Å². The van der Waals surface area contributed by atoms with Gasteiger partial charge in [-0.1, -0.05) is 33.6 Å². The van der Waals surface area contributed by atoms with Gasteiger partial charge in [0.15, 0.2) is 0 Å². The molecule has 2 rings (SSSR count). The Morgan fingerprint density at radius 1 is 1.33 bits per heavy atom. The molecule has 0 aromatic heterocycles. The van der Waals surface area contributed by atoms with Crippen molar-refractivity contribution in [1.29, 1.82) is 0 Å². The molecule has 1 aromatic rings. The molecule has 0 radical (unpaired) electrons. The lowest BCUT2D eigenvalue weighted by Crippen LogP contribution is -2.50. The number of benzene rings is 1. The van der Waals surface area contributed by atoms with Crippen molar-refractivity contribution in [3.63, 3.8) is 0 Å². The second-order valence-corrected chi connectivity index (χ2v) is 8.42. The minimum absolute atomic E-state index is 0.00677. The molecule has 1 fully saturated rings. The van der Waals surface area contributed by atoms with Crippen molar-refractivity contribution in [2.24, 2.45) is 5.73 Å². The van der Waals surface area contributed by atoms with Crippen LogP contribution < -0.4 is 5.73 Å². The first-order valence-corrected chi connectivity index (χ1v) is 9.69. The maximum Gasteiger partial charge on any atom is 0.211 e. The Morgan fingerprint density at radius 3 is 2.43 bits per heavy atom. The van der Waals surface area contributed by atoms with Gasteiger partial charge in [-0.05, 0) is 17.7 Å². The maximum absolute atomic E-state index is 11.6. The Hall–Kier alpha value is -0.180. The molecule has 0 bridgehead atoms. The monoisotopic (exact) mass is 395 g/mol. The van der Waals surface area contributed by atoms with Crippen LogP contribution in [0.3, 0.4) is 0 Å². The van der Waals surface area contributed by atoms with Gasteiger partial charge in [0.2, 0.25) is 10.0 Å². The largest absolute Gasteiger partial charge is 0.329 e. The highest BCUT2D eigenvalue weighted by molar-refractivity contribution is 9.10. The first kappa shape index (κ1) is 17.2. The SMILES string of the molecule is CS(=O)(=O)N1CCN(C(CN)c2ccc(Br)cc2Cl)CC1. The van der Waals surface area contributed by atoms with Crippen LogP contribution in [0.2, 0.25) is 5.02 Å². The number of halogens is 2. The van der Waals surface area contributed by atoms with Crippen LogP contribution in [0.15, 0.2) is 22.7 Å². The Morgan fingerprint density at radius 2 is 1.95 bits per heavy atom. The van der Waals surface area contributed by atoms with E-state index in [1.54, 1.807) is 0 Å². The fourth-order valence-corrected chi connectivity index (χ4v) is 4.22. The highest BCUT2D eigenvalue weighted by Gasteiger charge is 2.28. The molecular formula is C13H19BrClN3O2S. The van der Waals surface area contributed by atoms with Gasteiger partial charge in [0.25, 0.3) is 0 Å². The Balaban J connectivity index is 2.13. The number of nitrogens with two attached hydrogens (primary N) is 1. The van der Waals surface area contributed by atoms with Gasteiger partial charge in [0, 0.05) is 48.3 Å². The van der Waals surface area contributed by atoms with Crippen molar-refractivity contribution >= 4 is 37.6 Å². The van der Waals surface area contributed by atoms with E-state index in [4.69, 9.17) is 17.3 Å². The topological polar surface area (TPSA) is 66.6 Å². The third-order valence-electron chi connectivity index (χ3n) is 3.73. The van der Waals surface area contributed by atoms with Crippen LogP contribution in [0.4, 0.5) is 0 Å². The van der Waals surface area contributed by atoms with Crippen molar-refractivity contribution in [3.8, 4) is 0 Å². The van der Waals surface area contributed by atoms with E-state index < -0.39 is 10.0 Å². The Kier molecular flexibility index (Phi) is 5.67. The first-order valence-electron chi connectivity index (χ1n) is 6.67. The molecule has 1 aromatic carbocycles. The summed E-state index contributed by atoms with van der Waals surface area (Å²) in [5.74, 6) is 0. The molecule has 1 aliphatic heterocycles. The number of hydrogen-bond acceptors (Lipinski definition) is 4. The van der Waals surface area contributed by atoms with Crippen molar-refractivity contribution in [2.75, 3.05) is 39.0 Å². The highest BCUT2D eigenvalue weighted by Crippen LogP contribution is 2.30. The summed E-state index contributed by atoms with van der Waals surface area (Å²) in [6.45, 7) is 2.73. The van der Waals surface area contributed by atoms with Gasteiger partial charge in [0.05, 0.1) is 6.26 Å². The molecule has 1 saturated heterocycles. The fraction of sp³-hybridized carbons (Fsp3) is 0.538. The van der Waals surface area contributed by atoms with Crippen molar-refractivity contribution < 1.29 is 8.42 Å².